The van der Waals surface area contributed by atoms with Gasteiger partial charge in [0.2, 0.25) is 0 Å². The Balaban J connectivity index is 2.50. The van der Waals surface area contributed by atoms with Crippen molar-refractivity contribution in [1.29, 1.82) is 0 Å². The number of ether oxygens (including phenoxy) is 1. The molecule has 104 valence electrons. The molecule has 0 fully saturated rings. The fourth-order valence-electron chi connectivity index (χ4n) is 1.91. The summed E-state index contributed by atoms with van der Waals surface area (Å²) in [6, 6.07) is 11.4. The standard InChI is InChI=1S/C15H11F3O2/c1-10-4-2-3-5-13(10)11-6-7-12(9-19)14(8-11)20-15(16,17)18/h2-9H,1H3. The topological polar surface area (TPSA) is 26.3 Å². The average Bonchev–Trinajstić information content (AvgIpc) is 2.37. The molecule has 20 heavy (non-hydrogen) atoms. The number of alkyl halides is 3. The van der Waals surface area contributed by atoms with Gasteiger partial charge in [-0.1, -0.05) is 30.3 Å². The molecule has 0 heterocycles. The lowest BCUT2D eigenvalue weighted by atomic mass is 9.99. The number of aryl methyl sites for hydroxylation is 1. The number of carbonyl (C=O) groups excluding carboxylic acids is 1. The van der Waals surface area contributed by atoms with Crippen LogP contribution in [0.25, 0.3) is 11.1 Å². The van der Waals surface area contributed by atoms with E-state index >= 15 is 0 Å². The highest BCUT2D eigenvalue weighted by atomic mass is 19.4. The second-order valence-corrected chi connectivity index (χ2v) is 4.23. The van der Waals surface area contributed by atoms with E-state index in [1.807, 2.05) is 19.1 Å². The molecule has 2 rings (SSSR count). The van der Waals surface area contributed by atoms with E-state index < -0.39 is 12.1 Å². The van der Waals surface area contributed by atoms with Gasteiger partial charge in [0.1, 0.15) is 5.75 Å². The molecule has 2 aromatic rings. The van der Waals surface area contributed by atoms with Gasteiger partial charge < -0.3 is 4.74 Å². The molecule has 2 nitrogen and oxygen atoms in total. The first-order valence-electron chi connectivity index (χ1n) is 5.81. The van der Waals surface area contributed by atoms with Crippen LogP contribution in [0.15, 0.2) is 42.5 Å². The van der Waals surface area contributed by atoms with Crippen molar-refractivity contribution in [3.8, 4) is 16.9 Å². The van der Waals surface area contributed by atoms with Crippen LogP contribution in [0.3, 0.4) is 0 Å². The minimum atomic E-state index is -4.83. The summed E-state index contributed by atoms with van der Waals surface area (Å²) in [5.41, 5.74) is 2.13. The van der Waals surface area contributed by atoms with Crippen LogP contribution in [-0.2, 0) is 0 Å². The van der Waals surface area contributed by atoms with E-state index in [2.05, 4.69) is 4.74 Å². The lowest BCUT2D eigenvalue weighted by molar-refractivity contribution is -0.274. The lowest BCUT2D eigenvalue weighted by Gasteiger charge is -2.13. The quantitative estimate of drug-likeness (QED) is 0.780. The van der Waals surface area contributed by atoms with E-state index in [9.17, 15) is 18.0 Å². The van der Waals surface area contributed by atoms with Crippen molar-refractivity contribution in [3.05, 3.63) is 53.6 Å². The molecule has 0 aliphatic rings. The fraction of sp³-hybridized carbons (Fsp3) is 0.133. The maximum absolute atomic E-state index is 12.3. The monoisotopic (exact) mass is 280 g/mol. The van der Waals surface area contributed by atoms with Crippen LogP contribution in [0.4, 0.5) is 13.2 Å². The zero-order chi connectivity index (χ0) is 14.8. The van der Waals surface area contributed by atoms with Crippen molar-refractivity contribution in [2.45, 2.75) is 13.3 Å². The molecule has 0 amide bonds. The van der Waals surface area contributed by atoms with E-state index in [1.165, 1.54) is 12.1 Å². The number of hydrogen-bond donors (Lipinski definition) is 0. The molecule has 0 spiro atoms. The molecule has 0 aliphatic carbocycles. The normalized spacial score (nSPS) is 11.2. The van der Waals surface area contributed by atoms with Gasteiger partial charge in [0, 0.05) is 0 Å². The van der Waals surface area contributed by atoms with E-state index in [4.69, 9.17) is 0 Å². The number of benzene rings is 2. The van der Waals surface area contributed by atoms with Gasteiger partial charge in [-0.2, -0.15) is 0 Å². The summed E-state index contributed by atoms with van der Waals surface area (Å²) in [5, 5.41) is 0. The zero-order valence-corrected chi connectivity index (χ0v) is 10.6. The van der Waals surface area contributed by atoms with Gasteiger partial charge in [0.05, 0.1) is 5.56 Å². The molecule has 0 N–H and O–H groups in total. The number of hydrogen-bond acceptors (Lipinski definition) is 2. The minimum absolute atomic E-state index is 0.139. The zero-order valence-electron chi connectivity index (χ0n) is 10.6. The first kappa shape index (κ1) is 14.1. The molecule has 2 aromatic carbocycles. The summed E-state index contributed by atoms with van der Waals surface area (Å²) < 4.78 is 40.9. The van der Waals surface area contributed by atoms with Crippen LogP contribution >= 0.6 is 0 Å². The molecule has 0 aliphatic heterocycles. The molecular formula is C15H11F3O2. The van der Waals surface area contributed by atoms with Crippen LogP contribution in [0, 0.1) is 6.92 Å². The van der Waals surface area contributed by atoms with Crippen molar-refractivity contribution in [2.75, 3.05) is 0 Å². The van der Waals surface area contributed by atoms with Crippen molar-refractivity contribution >= 4 is 6.29 Å². The SMILES string of the molecule is Cc1ccccc1-c1ccc(C=O)c(OC(F)(F)F)c1. The summed E-state index contributed by atoms with van der Waals surface area (Å²) in [7, 11) is 0. The molecule has 0 unspecified atom stereocenters. The van der Waals surface area contributed by atoms with Crippen LogP contribution in [0.5, 0.6) is 5.75 Å². The van der Waals surface area contributed by atoms with E-state index in [1.54, 1.807) is 18.2 Å². The summed E-state index contributed by atoms with van der Waals surface area (Å²) in [6.07, 6.45) is -4.50. The molecule has 0 bridgehead atoms. The summed E-state index contributed by atoms with van der Waals surface area (Å²) >= 11 is 0. The van der Waals surface area contributed by atoms with Gasteiger partial charge in [-0.25, -0.2) is 0 Å². The van der Waals surface area contributed by atoms with Crippen molar-refractivity contribution in [3.63, 3.8) is 0 Å². The number of halogens is 3. The van der Waals surface area contributed by atoms with Gasteiger partial charge in [0.25, 0.3) is 0 Å². The van der Waals surface area contributed by atoms with Gasteiger partial charge in [0.15, 0.2) is 6.29 Å². The van der Waals surface area contributed by atoms with Crippen LogP contribution in [0.2, 0.25) is 0 Å². The Bertz CT molecular complexity index is 633. The van der Waals surface area contributed by atoms with Crippen molar-refractivity contribution in [1.82, 2.24) is 0 Å². The smallest absolute Gasteiger partial charge is 0.405 e. The lowest BCUT2D eigenvalue weighted by Crippen LogP contribution is -2.18. The molecule has 5 heteroatoms. The number of aldehydes is 1. The molecule has 0 atom stereocenters. The molecule has 0 radical (unpaired) electrons. The van der Waals surface area contributed by atoms with Crippen LogP contribution in [-0.4, -0.2) is 12.6 Å². The second kappa shape index (κ2) is 5.36. The van der Waals surface area contributed by atoms with Gasteiger partial charge in [-0.3, -0.25) is 4.79 Å². The Kier molecular flexibility index (Phi) is 3.79. The Morgan fingerprint density at radius 1 is 1.10 bits per heavy atom. The Morgan fingerprint density at radius 3 is 2.40 bits per heavy atom. The highest BCUT2D eigenvalue weighted by Crippen LogP contribution is 2.31. The third-order valence-electron chi connectivity index (χ3n) is 2.82. The highest BCUT2D eigenvalue weighted by Gasteiger charge is 2.32. The molecule has 0 saturated carbocycles. The van der Waals surface area contributed by atoms with Crippen molar-refractivity contribution < 1.29 is 22.7 Å². The van der Waals surface area contributed by atoms with Gasteiger partial charge in [-0.15, -0.1) is 13.2 Å². The predicted octanol–water partition coefficient (Wildman–Crippen LogP) is 4.37. The summed E-state index contributed by atoms with van der Waals surface area (Å²) in [4.78, 5) is 10.8. The maximum atomic E-state index is 12.3. The summed E-state index contributed by atoms with van der Waals surface area (Å²) in [5.74, 6) is -0.492. The fourth-order valence-corrected chi connectivity index (χ4v) is 1.91. The Morgan fingerprint density at radius 2 is 1.80 bits per heavy atom. The van der Waals surface area contributed by atoms with Crippen LogP contribution in [0.1, 0.15) is 15.9 Å². The first-order chi connectivity index (χ1) is 9.40. The maximum Gasteiger partial charge on any atom is 0.573 e. The Hall–Kier alpha value is -2.30. The van der Waals surface area contributed by atoms with E-state index in [-0.39, 0.29) is 5.56 Å². The third kappa shape index (κ3) is 3.17. The highest BCUT2D eigenvalue weighted by molar-refractivity contribution is 5.82. The largest absolute Gasteiger partial charge is 0.573 e. The van der Waals surface area contributed by atoms with Crippen molar-refractivity contribution in [2.24, 2.45) is 0 Å². The minimum Gasteiger partial charge on any atom is -0.405 e. The summed E-state index contributed by atoms with van der Waals surface area (Å²) in [6.45, 7) is 1.85. The molecular weight excluding hydrogens is 269 g/mol. The molecule has 0 aromatic heterocycles. The van der Waals surface area contributed by atoms with E-state index in [0.29, 0.717) is 11.8 Å². The third-order valence-corrected chi connectivity index (χ3v) is 2.82. The predicted molar refractivity (Wildman–Crippen MR) is 68.7 cm³/mol. The van der Waals surface area contributed by atoms with E-state index in [0.717, 1.165) is 11.1 Å². The number of rotatable bonds is 3. The van der Waals surface area contributed by atoms with Gasteiger partial charge in [-0.05, 0) is 35.7 Å². The molecule has 0 saturated heterocycles. The number of carbonyl (C=O) groups is 1. The first-order valence-corrected chi connectivity index (χ1v) is 5.81. The van der Waals surface area contributed by atoms with Gasteiger partial charge >= 0.3 is 6.36 Å². The average molecular weight is 280 g/mol. The van der Waals surface area contributed by atoms with Crippen LogP contribution < -0.4 is 4.74 Å². The second-order valence-electron chi connectivity index (χ2n) is 4.23. The Labute approximate surface area is 113 Å².